The van der Waals surface area contributed by atoms with E-state index in [1.54, 1.807) is 12.4 Å². The summed E-state index contributed by atoms with van der Waals surface area (Å²) >= 11 is 0. The van der Waals surface area contributed by atoms with Crippen molar-refractivity contribution in [2.45, 2.75) is 91.1 Å². The summed E-state index contributed by atoms with van der Waals surface area (Å²) in [6.07, 6.45) is 13.5. The van der Waals surface area contributed by atoms with Gasteiger partial charge in [-0.1, -0.05) is 65.4 Å². The zero-order valence-corrected chi connectivity index (χ0v) is 23.0. The van der Waals surface area contributed by atoms with Crippen molar-refractivity contribution in [2.75, 3.05) is 6.61 Å². The van der Waals surface area contributed by atoms with Crippen LogP contribution in [0.2, 0.25) is 0 Å². The van der Waals surface area contributed by atoms with Crippen LogP contribution in [-0.2, 0) is 11.2 Å². The van der Waals surface area contributed by atoms with Gasteiger partial charge in [-0.15, -0.1) is 0 Å². The molecule has 1 aromatic rings. The Hall–Kier alpha value is -0.368. The van der Waals surface area contributed by atoms with E-state index >= 15 is 0 Å². The Morgan fingerprint density at radius 3 is 2.17 bits per heavy atom. The van der Waals surface area contributed by atoms with Crippen LogP contribution in [0.25, 0.3) is 0 Å². The van der Waals surface area contributed by atoms with E-state index < -0.39 is 5.41 Å². The van der Waals surface area contributed by atoms with Gasteiger partial charge in [-0.05, 0) is 29.9 Å². The van der Waals surface area contributed by atoms with Crippen LogP contribution in [0.4, 0.5) is 0 Å². The van der Waals surface area contributed by atoms with Crippen LogP contribution < -0.4 is 0 Å². The third kappa shape index (κ3) is 12.8. The van der Waals surface area contributed by atoms with E-state index in [4.69, 9.17) is 10.1 Å². The van der Waals surface area contributed by atoms with Crippen molar-refractivity contribution in [3.63, 3.8) is 0 Å². The largest absolute Gasteiger partial charge is 2.00 e. The molecule has 0 saturated heterocycles. The van der Waals surface area contributed by atoms with Gasteiger partial charge in [0.05, 0.1) is 6.61 Å². The van der Waals surface area contributed by atoms with E-state index in [-0.39, 0.29) is 49.7 Å². The van der Waals surface area contributed by atoms with Gasteiger partial charge >= 0.3 is 31.1 Å². The second kappa shape index (κ2) is 19.6. The third-order valence-electron chi connectivity index (χ3n) is 5.01. The van der Waals surface area contributed by atoms with Gasteiger partial charge in [0, 0.05) is 12.4 Å². The molecule has 1 aromatic heterocycles. The molecule has 29 heavy (non-hydrogen) atoms. The molecule has 0 spiro atoms. The molecule has 5 heteroatoms. The first-order chi connectivity index (χ1) is 13.5. The van der Waals surface area contributed by atoms with Gasteiger partial charge in [-0.3, -0.25) is 10.4 Å². The van der Waals surface area contributed by atoms with Gasteiger partial charge in [-0.25, -0.2) is 0 Å². The Balaban J connectivity index is 0. The number of hydrogen-bond acceptors (Lipinski definition) is 4. The number of aliphatic hydroxyl groups excluding tert-OH is 1. The van der Waals surface area contributed by atoms with Crippen molar-refractivity contribution in [3.05, 3.63) is 43.9 Å². The molecule has 1 atom stereocenters. The maximum absolute atomic E-state index is 9.34. The summed E-state index contributed by atoms with van der Waals surface area (Å²) < 4.78 is 5.69. The predicted molar refractivity (Wildman–Crippen MR) is 119 cm³/mol. The summed E-state index contributed by atoms with van der Waals surface area (Å²) in [6, 6.07) is 3.86. The minimum Gasteiger partial charge on any atom is -0.475 e. The standard InChI is InChI=1S/C17H26N2O2.C7H16.U/c1-4-8-15(13-20)21-16(18)17(5-2,6-3)11-14-9-7-10-19-12-14;1-3-5-7-6-4-2;/h7,9-10,12,15,18,20H,2-6,8,11,13H2,1H3;3-7H2,1-2H3;/q-2;;+2. The summed E-state index contributed by atoms with van der Waals surface area (Å²) in [4.78, 5) is 4.11. The quantitative estimate of drug-likeness (QED) is 0.119. The fraction of sp³-hybridized carbons (Fsp3) is 0.667. The Morgan fingerprint density at radius 2 is 1.76 bits per heavy atom. The van der Waals surface area contributed by atoms with Crippen LogP contribution >= 0.6 is 0 Å². The number of nitrogens with zero attached hydrogens (tertiary/aromatic N) is 1. The normalized spacial score (nSPS) is 11.7. The molecule has 0 fully saturated rings. The molecule has 0 aliphatic heterocycles. The Labute approximate surface area is 203 Å². The van der Waals surface area contributed by atoms with Crippen LogP contribution in [-0.4, -0.2) is 28.7 Å². The van der Waals surface area contributed by atoms with E-state index in [1.807, 2.05) is 19.1 Å². The van der Waals surface area contributed by atoms with Crippen LogP contribution in [0.5, 0.6) is 0 Å². The zero-order valence-electron chi connectivity index (χ0n) is 18.9. The number of nitrogens with one attached hydrogen (secondary N) is 1. The topological polar surface area (TPSA) is 66.2 Å². The van der Waals surface area contributed by atoms with Crippen molar-refractivity contribution < 1.29 is 41.0 Å². The molecule has 0 amide bonds. The first-order valence-electron chi connectivity index (χ1n) is 10.9. The summed E-state index contributed by atoms with van der Waals surface area (Å²) in [6.45, 7) is 14.4. The fourth-order valence-corrected chi connectivity index (χ4v) is 2.98. The van der Waals surface area contributed by atoms with E-state index in [0.717, 1.165) is 18.4 Å². The summed E-state index contributed by atoms with van der Waals surface area (Å²) in [5.74, 6) is 0.170. The van der Waals surface area contributed by atoms with Crippen molar-refractivity contribution in [2.24, 2.45) is 5.41 Å². The number of pyridine rings is 1. The van der Waals surface area contributed by atoms with E-state index in [0.29, 0.717) is 19.3 Å². The monoisotopic (exact) mass is 628 g/mol. The summed E-state index contributed by atoms with van der Waals surface area (Å²) in [5.41, 5.74) is 0.499. The average Bonchev–Trinajstić information content (AvgIpc) is 2.73. The van der Waals surface area contributed by atoms with Crippen LogP contribution in [0.15, 0.2) is 24.5 Å². The number of unbranched alkanes of at least 4 members (excludes halogenated alkanes) is 4. The van der Waals surface area contributed by atoms with E-state index in [1.165, 1.54) is 32.1 Å². The molecule has 0 saturated carbocycles. The number of aliphatic hydroxyl groups is 1. The van der Waals surface area contributed by atoms with E-state index in [2.05, 4.69) is 32.7 Å². The Morgan fingerprint density at radius 1 is 1.14 bits per heavy atom. The molecule has 2 N–H and O–H groups in total. The predicted octanol–water partition coefficient (Wildman–Crippen LogP) is 6.19. The molecule has 0 aliphatic rings. The van der Waals surface area contributed by atoms with Crippen molar-refractivity contribution in [3.8, 4) is 0 Å². The van der Waals surface area contributed by atoms with Gasteiger partial charge in [0.1, 0.15) is 6.10 Å². The molecule has 1 unspecified atom stereocenters. The first-order valence-corrected chi connectivity index (χ1v) is 10.9. The fourth-order valence-electron chi connectivity index (χ4n) is 2.98. The zero-order chi connectivity index (χ0) is 21.3. The molecule has 4 nitrogen and oxygen atoms in total. The maximum Gasteiger partial charge on any atom is 2.00 e. The van der Waals surface area contributed by atoms with E-state index in [9.17, 15) is 5.11 Å². The third-order valence-corrected chi connectivity index (χ3v) is 5.01. The summed E-state index contributed by atoms with van der Waals surface area (Å²) in [7, 11) is 0. The number of ether oxygens (including phenoxy) is 1. The van der Waals surface area contributed by atoms with Crippen LogP contribution in [0, 0.1) is 55.8 Å². The number of rotatable bonds is 13. The van der Waals surface area contributed by atoms with Crippen molar-refractivity contribution in [1.29, 1.82) is 5.41 Å². The SMILES string of the molecule is CCCCCCC.[CH2-]CC(C[CH2-])(Cc1cccnc1)C(=N)OC(CO)CCC.[U+2]. The molecule has 0 radical (unpaired) electrons. The molecule has 0 aliphatic carbocycles. The van der Waals surface area contributed by atoms with Gasteiger partial charge in [0.2, 0.25) is 0 Å². The van der Waals surface area contributed by atoms with Gasteiger partial charge < -0.3 is 23.7 Å². The van der Waals surface area contributed by atoms with Crippen molar-refractivity contribution in [1.82, 2.24) is 4.98 Å². The summed E-state index contributed by atoms with van der Waals surface area (Å²) in [5, 5.41) is 17.7. The molecular weight excluding hydrogens is 586 g/mol. The molecule has 0 bridgehead atoms. The van der Waals surface area contributed by atoms with Gasteiger partial charge in [0.25, 0.3) is 0 Å². The molecule has 0 aromatic carbocycles. The number of aromatic nitrogens is 1. The molecule has 1 heterocycles. The minimum absolute atomic E-state index is 0. The second-order valence-corrected chi connectivity index (χ2v) is 7.42. The van der Waals surface area contributed by atoms with Crippen molar-refractivity contribution >= 4 is 5.90 Å². The van der Waals surface area contributed by atoms with Gasteiger partial charge in [-0.2, -0.15) is 12.8 Å². The minimum atomic E-state index is -0.538. The first kappa shape index (κ1) is 30.8. The Bertz CT molecular complexity index is 489. The number of hydrogen-bond donors (Lipinski definition) is 2. The second-order valence-electron chi connectivity index (χ2n) is 7.42. The maximum atomic E-state index is 9.34. The van der Waals surface area contributed by atoms with Gasteiger partial charge in [0.15, 0.2) is 5.90 Å². The average molecular weight is 629 g/mol. The van der Waals surface area contributed by atoms with Crippen LogP contribution in [0.3, 0.4) is 0 Å². The Kier molecular flexibility index (Phi) is 20.8. The smallest absolute Gasteiger partial charge is 0.475 e. The molecule has 164 valence electrons. The molecule has 1 rings (SSSR count). The van der Waals surface area contributed by atoms with Crippen LogP contribution in [0.1, 0.15) is 84.1 Å². The molecular formula is C24H42N2O2U.